The molecular weight excluding hydrogens is 379 g/mol. The molecule has 1 N–H and O–H groups in total. The Bertz CT molecular complexity index is 943. The Labute approximate surface area is 167 Å². The van der Waals surface area contributed by atoms with Crippen LogP contribution in [-0.2, 0) is 9.59 Å². The number of hydrazone groups is 1. The van der Waals surface area contributed by atoms with Crippen LogP contribution in [0.15, 0.2) is 47.6 Å². The number of carboxylic acid groups (broad SMARTS) is 1. The zero-order valence-electron chi connectivity index (χ0n) is 16.1. The second-order valence-corrected chi connectivity index (χ2v) is 6.52. The molecule has 0 aromatic heterocycles. The van der Waals surface area contributed by atoms with Crippen molar-refractivity contribution in [3.8, 4) is 11.5 Å². The highest BCUT2D eigenvalue weighted by molar-refractivity contribution is 6.03. The van der Waals surface area contributed by atoms with Gasteiger partial charge in [-0.25, -0.2) is 9.40 Å². The van der Waals surface area contributed by atoms with E-state index in [9.17, 15) is 14.0 Å². The van der Waals surface area contributed by atoms with Gasteiger partial charge in [0, 0.05) is 18.4 Å². The van der Waals surface area contributed by atoms with Crippen molar-refractivity contribution in [2.45, 2.75) is 25.3 Å². The summed E-state index contributed by atoms with van der Waals surface area (Å²) < 4.78 is 23.9. The number of benzene rings is 2. The SMILES string of the molecule is COc1ccc(C2=NN(C(=O)CCC(=O)O)[C@H](c3ccc(F)cc3)C2)cc1OC. The number of carboxylic acids is 1. The second kappa shape index (κ2) is 8.72. The predicted octanol–water partition coefficient (Wildman–Crippen LogP) is 3.39. The van der Waals surface area contributed by atoms with Gasteiger partial charge >= 0.3 is 5.97 Å². The summed E-state index contributed by atoms with van der Waals surface area (Å²) in [5.41, 5.74) is 2.11. The summed E-state index contributed by atoms with van der Waals surface area (Å²) in [7, 11) is 3.07. The topological polar surface area (TPSA) is 88.4 Å². The number of rotatable bonds is 7. The molecule has 0 bridgehead atoms. The van der Waals surface area contributed by atoms with Crippen molar-refractivity contribution in [3.05, 3.63) is 59.4 Å². The highest BCUT2D eigenvalue weighted by Crippen LogP contribution is 2.35. The van der Waals surface area contributed by atoms with Gasteiger partial charge in [0.25, 0.3) is 0 Å². The van der Waals surface area contributed by atoms with Gasteiger partial charge in [-0.3, -0.25) is 9.59 Å². The molecule has 2 aromatic carbocycles. The lowest BCUT2D eigenvalue weighted by Crippen LogP contribution is -2.27. The highest BCUT2D eigenvalue weighted by atomic mass is 19.1. The molecule has 0 fully saturated rings. The lowest BCUT2D eigenvalue weighted by atomic mass is 9.98. The number of nitrogens with zero attached hydrogens (tertiary/aromatic N) is 2. The summed E-state index contributed by atoms with van der Waals surface area (Å²) >= 11 is 0. The van der Waals surface area contributed by atoms with Crippen LogP contribution in [0.5, 0.6) is 11.5 Å². The van der Waals surface area contributed by atoms with Crippen LogP contribution >= 0.6 is 0 Å². The van der Waals surface area contributed by atoms with Crippen molar-refractivity contribution in [1.82, 2.24) is 5.01 Å². The Hall–Kier alpha value is -3.42. The molecular formula is C21H21FN2O5. The van der Waals surface area contributed by atoms with Gasteiger partial charge in [0.15, 0.2) is 11.5 Å². The molecule has 0 saturated heterocycles. The minimum atomic E-state index is -1.06. The van der Waals surface area contributed by atoms with Crippen LogP contribution in [0.2, 0.25) is 0 Å². The summed E-state index contributed by atoms with van der Waals surface area (Å²) in [5.74, 6) is -0.741. The fourth-order valence-electron chi connectivity index (χ4n) is 3.20. The third-order valence-electron chi connectivity index (χ3n) is 4.69. The molecule has 0 unspecified atom stereocenters. The first-order chi connectivity index (χ1) is 13.9. The van der Waals surface area contributed by atoms with Gasteiger partial charge in [-0.2, -0.15) is 5.10 Å². The number of aliphatic carboxylic acids is 1. The largest absolute Gasteiger partial charge is 0.493 e. The zero-order chi connectivity index (χ0) is 21.0. The van der Waals surface area contributed by atoms with E-state index in [1.807, 2.05) is 6.07 Å². The van der Waals surface area contributed by atoms with E-state index >= 15 is 0 Å². The van der Waals surface area contributed by atoms with Crippen molar-refractivity contribution in [1.29, 1.82) is 0 Å². The van der Waals surface area contributed by atoms with E-state index in [0.29, 0.717) is 29.2 Å². The highest BCUT2D eigenvalue weighted by Gasteiger charge is 2.33. The van der Waals surface area contributed by atoms with E-state index in [4.69, 9.17) is 14.6 Å². The first kappa shape index (κ1) is 20.3. The van der Waals surface area contributed by atoms with Crippen LogP contribution < -0.4 is 9.47 Å². The molecule has 0 spiro atoms. The Balaban J connectivity index is 1.94. The Morgan fingerprint density at radius 3 is 2.41 bits per heavy atom. The lowest BCUT2D eigenvalue weighted by molar-refractivity contribution is -0.141. The average Bonchev–Trinajstić information content (AvgIpc) is 3.17. The maximum Gasteiger partial charge on any atom is 0.303 e. The molecule has 8 heteroatoms. The van der Waals surface area contributed by atoms with Gasteiger partial charge in [0.05, 0.1) is 32.4 Å². The molecule has 152 valence electrons. The van der Waals surface area contributed by atoms with E-state index in [1.54, 1.807) is 24.3 Å². The van der Waals surface area contributed by atoms with Crippen LogP contribution in [0, 0.1) is 5.82 Å². The first-order valence-corrected chi connectivity index (χ1v) is 9.02. The summed E-state index contributed by atoms with van der Waals surface area (Å²) in [5, 5.41) is 14.6. The molecule has 0 aliphatic carbocycles. The van der Waals surface area contributed by atoms with Crippen molar-refractivity contribution in [2.24, 2.45) is 5.10 Å². The quantitative estimate of drug-likeness (QED) is 0.770. The smallest absolute Gasteiger partial charge is 0.303 e. The third kappa shape index (κ3) is 4.53. The van der Waals surface area contributed by atoms with Crippen LogP contribution in [-0.4, -0.2) is 41.9 Å². The molecule has 1 amide bonds. The second-order valence-electron chi connectivity index (χ2n) is 6.52. The van der Waals surface area contributed by atoms with Gasteiger partial charge in [-0.15, -0.1) is 0 Å². The van der Waals surface area contributed by atoms with Gasteiger partial charge in [0.2, 0.25) is 5.91 Å². The molecule has 0 saturated carbocycles. The number of methoxy groups -OCH3 is 2. The molecule has 1 heterocycles. The molecule has 29 heavy (non-hydrogen) atoms. The van der Waals surface area contributed by atoms with Crippen LogP contribution in [0.3, 0.4) is 0 Å². The monoisotopic (exact) mass is 400 g/mol. The van der Waals surface area contributed by atoms with Crippen molar-refractivity contribution >= 4 is 17.6 Å². The van der Waals surface area contributed by atoms with E-state index < -0.39 is 17.9 Å². The third-order valence-corrected chi connectivity index (χ3v) is 4.69. The number of carbonyl (C=O) groups is 2. The Morgan fingerprint density at radius 1 is 1.10 bits per heavy atom. The van der Waals surface area contributed by atoms with E-state index in [0.717, 1.165) is 5.56 Å². The predicted molar refractivity (Wildman–Crippen MR) is 104 cm³/mol. The van der Waals surface area contributed by atoms with Crippen LogP contribution in [0.1, 0.15) is 36.4 Å². The average molecular weight is 400 g/mol. The minimum Gasteiger partial charge on any atom is -0.493 e. The van der Waals surface area contributed by atoms with Crippen LogP contribution in [0.25, 0.3) is 0 Å². The summed E-state index contributed by atoms with van der Waals surface area (Å²) in [6, 6.07) is 10.7. The Morgan fingerprint density at radius 2 is 1.79 bits per heavy atom. The van der Waals surface area contributed by atoms with Crippen molar-refractivity contribution in [3.63, 3.8) is 0 Å². The van der Waals surface area contributed by atoms with Gasteiger partial charge in [0.1, 0.15) is 5.82 Å². The van der Waals surface area contributed by atoms with Crippen LogP contribution in [0.4, 0.5) is 4.39 Å². The van der Waals surface area contributed by atoms with Gasteiger partial charge < -0.3 is 14.6 Å². The van der Waals surface area contributed by atoms with E-state index in [1.165, 1.54) is 31.4 Å². The molecule has 1 atom stereocenters. The Kier molecular flexibility index (Phi) is 6.11. The number of hydrogen-bond acceptors (Lipinski definition) is 5. The van der Waals surface area contributed by atoms with Crippen molar-refractivity contribution < 1.29 is 28.6 Å². The summed E-state index contributed by atoms with van der Waals surface area (Å²) in [4.78, 5) is 23.5. The number of hydrogen-bond donors (Lipinski definition) is 1. The molecule has 7 nitrogen and oxygen atoms in total. The fourth-order valence-corrected chi connectivity index (χ4v) is 3.20. The van der Waals surface area contributed by atoms with Gasteiger partial charge in [-0.05, 0) is 35.9 Å². The lowest BCUT2D eigenvalue weighted by Gasteiger charge is -2.21. The normalized spacial score (nSPS) is 15.8. The summed E-state index contributed by atoms with van der Waals surface area (Å²) in [6.45, 7) is 0. The van der Waals surface area contributed by atoms with E-state index in [-0.39, 0.29) is 18.7 Å². The number of ether oxygens (including phenoxy) is 2. The fraction of sp³-hybridized carbons (Fsp3) is 0.286. The minimum absolute atomic E-state index is 0.171. The number of halogens is 1. The summed E-state index contributed by atoms with van der Waals surface area (Å²) in [6.07, 6.45) is -0.0532. The number of carbonyl (C=O) groups excluding carboxylic acids is 1. The first-order valence-electron chi connectivity index (χ1n) is 9.02. The van der Waals surface area contributed by atoms with Gasteiger partial charge in [-0.1, -0.05) is 12.1 Å². The molecule has 1 aliphatic heterocycles. The molecule has 0 radical (unpaired) electrons. The van der Waals surface area contributed by atoms with E-state index in [2.05, 4.69) is 5.10 Å². The number of amides is 1. The maximum atomic E-state index is 13.3. The molecule has 1 aliphatic rings. The molecule has 2 aromatic rings. The zero-order valence-corrected chi connectivity index (χ0v) is 16.1. The standard InChI is InChI=1S/C21H21FN2O5/c1-28-18-8-5-14(11-19(18)29-2)16-12-17(13-3-6-15(22)7-4-13)24(23-16)20(25)9-10-21(26)27/h3-8,11,17H,9-10,12H2,1-2H3,(H,26,27)/t17-/m0/s1. The van der Waals surface area contributed by atoms with Crippen molar-refractivity contribution in [2.75, 3.05) is 14.2 Å². The maximum absolute atomic E-state index is 13.3. The molecule has 3 rings (SSSR count).